The standard InChI is InChI=1S/C31H21S2/c1-2-11-22(12-3-1)31-21-23(24-14-4-7-18-28(24)33-31)13-10-17-25-26-15-5-8-19-29(26)32-30-20-9-6-16-27(25)30/h1-21H/q+1. The van der Waals surface area contributed by atoms with Gasteiger partial charge in [0.05, 0.1) is 0 Å². The molecule has 1 aliphatic heterocycles. The smallest absolute Gasteiger partial charge is 0.0888 e. The van der Waals surface area contributed by atoms with E-state index in [0.717, 1.165) is 0 Å². The molecule has 4 aromatic carbocycles. The van der Waals surface area contributed by atoms with Crippen LogP contribution >= 0.6 is 23.1 Å². The quantitative estimate of drug-likeness (QED) is 0.238. The van der Waals surface area contributed by atoms with Crippen LogP contribution in [0.1, 0.15) is 16.7 Å². The molecule has 0 unspecified atom stereocenters. The van der Waals surface area contributed by atoms with Crippen molar-refractivity contribution in [2.45, 2.75) is 9.79 Å². The maximum atomic E-state index is 2.32. The lowest BCUT2D eigenvalue weighted by Crippen LogP contribution is -1.98. The van der Waals surface area contributed by atoms with E-state index in [2.05, 4.69) is 127 Å². The SMILES string of the molecule is C(/C=C/c1cc(-c2ccccc2)[s+]c2ccccc12)=C1c2ccccc2Sc2ccccc21. The molecule has 0 saturated carbocycles. The summed E-state index contributed by atoms with van der Waals surface area (Å²) in [5, 5.41) is 1.29. The van der Waals surface area contributed by atoms with Crippen molar-refractivity contribution in [3.8, 4) is 10.4 Å². The van der Waals surface area contributed by atoms with E-state index in [0.29, 0.717) is 0 Å². The highest BCUT2D eigenvalue weighted by Crippen LogP contribution is 2.45. The molecule has 1 aromatic heterocycles. The van der Waals surface area contributed by atoms with Crippen molar-refractivity contribution in [2.75, 3.05) is 0 Å². The molecule has 1 aliphatic rings. The summed E-state index contributed by atoms with van der Waals surface area (Å²) in [4.78, 5) is 3.91. The maximum Gasteiger partial charge on any atom is 0.239 e. The van der Waals surface area contributed by atoms with Crippen molar-refractivity contribution in [3.63, 3.8) is 0 Å². The zero-order chi connectivity index (χ0) is 22.0. The predicted octanol–water partition coefficient (Wildman–Crippen LogP) is 9.46. The third-order valence-corrected chi connectivity index (χ3v) is 8.18. The molecule has 0 fully saturated rings. The average Bonchev–Trinajstić information content (AvgIpc) is 2.88. The Balaban J connectivity index is 1.47. The third-order valence-electron chi connectivity index (χ3n) is 5.88. The Bertz CT molecular complexity index is 1480. The summed E-state index contributed by atoms with van der Waals surface area (Å²) in [7, 11) is 0. The van der Waals surface area contributed by atoms with Crippen molar-refractivity contribution >= 4 is 44.8 Å². The summed E-state index contributed by atoms with van der Waals surface area (Å²) in [6.45, 7) is 0. The van der Waals surface area contributed by atoms with Crippen LogP contribution in [0.3, 0.4) is 0 Å². The fourth-order valence-corrected chi connectivity index (χ4v) is 6.52. The Morgan fingerprint density at radius 3 is 2.03 bits per heavy atom. The molecule has 5 aromatic rings. The lowest BCUT2D eigenvalue weighted by Gasteiger charge is -2.21. The molecular weight excluding hydrogens is 436 g/mol. The first kappa shape index (κ1) is 20.2. The Morgan fingerprint density at radius 2 is 1.27 bits per heavy atom. The molecule has 33 heavy (non-hydrogen) atoms. The van der Waals surface area contributed by atoms with Crippen LogP contribution < -0.4 is 0 Å². The van der Waals surface area contributed by atoms with Gasteiger partial charge >= 0.3 is 0 Å². The van der Waals surface area contributed by atoms with Gasteiger partial charge in [-0.05, 0) is 52.6 Å². The second-order valence-corrected chi connectivity index (χ2v) is 10.1. The van der Waals surface area contributed by atoms with Crippen molar-refractivity contribution in [3.05, 3.63) is 138 Å². The molecule has 0 amide bonds. The molecule has 0 radical (unpaired) electrons. The molecule has 2 heterocycles. The third kappa shape index (κ3) is 3.93. The monoisotopic (exact) mass is 457 g/mol. The number of hydrogen-bond acceptors (Lipinski definition) is 1. The highest BCUT2D eigenvalue weighted by Gasteiger charge is 2.20. The van der Waals surface area contributed by atoms with E-state index >= 15 is 0 Å². The summed E-state index contributed by atoms with van der Waals surface area (Å²) in [6.07, 6.45) is 6.73. The molecular formula is C31H21S2+. The van der Waals surface area contributed by atoms with Gasteiger partial charge in [-0.15, -0.1) is 0 Å². The number of rotatable bonds is 3. The first-order valence-corrected chi connectivity index (χ1v) is 12.7. The van der Waals surface area contributed by atoms with Gasteiger partial charge in [0.15, 0.2) is 0 Å². The predicted molar refractivity (Wildman–Crippen MR) is 145 cm³/mol. The lowest BCUT2D eigenvalue weighted by atomic mass is 9.96. The molecule has 0 N–H and O–H groups in total. The van der Waals surface area contributed by atoms with Crippen molar-refractivity contribution in [2.24, 2.45) is 0 Å². The van der Waals surface area contributed by atoms with Crippen LogP contribution in [0.4, 0.5) is 0 Å². The molecule has 2 heteroatoms. The first-order valence-electron chi connectivity index (χ1n) is 11.0. The summed E-state index contributed by atoms with van der Waals surface area (Å²) < 4.78 is 1.30. The van der Waals surface area contributed by atoms with E-state index in [9.17, 15) is 0 Å². The molecule has 0 saturated heterocycles. The van der Waals surface area contributed by atoms with E-state index < -0.39 is 0 Å². The Labute approximate surface area is 202 Å². The molecule has 0 aliphatic carbocycles. The Morgan fingerprint density at radius 1 is 0.636 bits per heavy atom. The minimum atomic E-state index is 1.24. The minimum Gasteiger partial charge on any atom is -0.0888 e. The topological polar surface area (TPSA) is 0 Å². The van der Waals surface area contributed by atoms with Gasteiger partial charge in [0.2, 0.25) is 20.9 Å². The van der Waals surface area contributed by atoms with Gasteiger partial charge in [-0.3, -0.25) is 0 Å². The summed E-state index contributed by atoms with van der Waals surface area (Å²) in [6, 6.07) is 39.0. The Kier molecular flexibility index (Phi) is 5.39. The summed E-state index contributed by atoms with van der Waals surface area (Å²) >= 11 is 3.70. The van der Waals surface area contributed by atoms with Crippen LogP contribution in [0.5, 0.6) is 0 Å². The fourth-order valence-electron chi connectivity index (χ4n) is 4.29. The van der Waals surface area contributed by atoms with E-state index in [4.69, 9.17) is 0 Å². The van der Waals surface area contributed by atoms with Crippen LogP contribution in [0.2, 0.25) is 0 Å². The van der Waals surface area contributed by atoms with E-state index in [1.54, 1.807) is 0 Å². The van der Waals surface area contributed by atoms with E-state index in [1.807, 2.05) is 23.1 Å². The van der Waals surface area contributed by atoms with Crippen LogP contribution in [0.15, 0.2) is 131 Å². The number of benzene rings is 4. The number of allylic oxidation sites excluding steroid dienone is 2. The Hall–Kier alpha value is -3.46. The van der Waals surface area contributed by atoms with Gasteiger partial charge in [-0.25, -0.2) is 0 Å². The average molecular weight is 458 g/mol. The van der Waals surface area contributed by atoms with E-state index in [-0.39, 0.29) is 0 Å². The lowest BCUT2D eigenvalue weighted by molar-refractivity contribution is 1.29. The highest BCUT2D eigenvalue weighted by atomic mass is 32.2. The number of fused-ring (bicyclic) bond motifs is 3. The first-order chi connectivity index (χ1) is 16.4. The van der Waals surface area contributed by atoms with Crippen LogP contribution in [0.25, 0.3) is 32.2 Å². The molecule has 0 bridgehead atoms. The molecule has 0 spiro atoms. The molecule has 156 valence electrons. The normalized spacial score (nSPS) is 12.5. The van der Waals surface area contributed by atoms with Gasteiger partial charge in [0.1, 0.15) is 0 Å². The van der Waals surface area contributed by atoms with Gasteiger partial charge in [0, 0.05) is 32.9 Å². The van der Waals surface area contributed by atoms with Crippen LogP contribution in [-0.2, 0) is 0 Å². The summed E-state index contributed by atoms with van der Waals surface area (Å²) in [5.74, 6) is 0. The highest BCUT2D eigenvalue weighted by molar-refractivity contribution is 7.99. The van der Waals surface area contributed by atoms with Gasteiger partial charge < -0.3 is 0 Å². The van der Waals surface area contributed by atoms with Crippen molar-refractivity contribution < 1.29 is 0 Å². The second-order valence-electron chi connectivity index (χ2n) is 7.96. The van der Waals surface area contributed by atoms with Crippen molar-refractivity contribution in [1.82, 2.24) is 0 Å². The molecule has 0 atom stereocenters. The van der Waals surface area contributed by atoms with Crippen LogP contribution in [-0.4, -0.2) is 0 Å². The van der Waals surface area contributed by atoms with E-state index in [1.165, 1.54) is 52.6 Å². The van der Waals surface area contributed by atoms with Gasteiger partial charge in [0.25, 0.3) is 0 Å². The van der Waals surface area contributed by atoms with Crippen molar-refractivity contribution in [1.29, 1.82) is 0 Å². The fraction of sp³-hybridized carbons (Fsp3) is 0. The van der Waals surface area contributed by atoms with Gasteiger partial charge in [-0.2, -0.15) is 0 Å². The maximum absolute atomic E-state index is 2.32. The van der Waals surface area contributed by atoms with Gasteiger partial charge in [-0.1, -0.05) is 96.7 Å². The largest absolute Gasteiger partial charge is 0.239 e. The molecule has 6 rings (SSSR count). The zero-order valence-corrected chi connectivity index (χ0v) is 19.6. The minimum absolute atomic E-state index is 1.24. The molecule has 0 nitrogen and oxygen atoms in total. The van der Waals surface area contributed by atoms with Crippen LogP contribution in [0, 0.1) is 0 Å². The summed E-state index contributed by atoms with van der Waals surface area (Å²) in [5.41, 5.74) is 6.38. The second kappa shape index (κ2) is 8.82. The zero-order valence-electron chi connectivity index (χ0n) is 17.9. The number of hydrogen-bond donors (Lipinski definition) is 0.